The maximum absolute atomic E-state index is 13.4. The first-order chi connectivity index (χ1) is 7.71. The van der Waals surface area contributed by atoms with E-state index in [4.69, 9.17) is 0 Å². The smallest absolute Gasteiger partial charge is 0.354 e. The van der Waals surface area contributed by atoms with E-state index in [9.17, 15) is 26.7 Å². The molecule has 1 rings (SSSR count). The quantitative estimate of drug-likeness (QED) is 0.806. The summed E-state index contributed by atoms with van der Waals surface area (Å²) in [6.45, 7) is 0. The van der Waals surface area contributed by atoms with Gasteiger partial charge in [-0.25, -0.2) is 0 Å². The van der Waals surface area contributed by atoms with Crippen LogP contribution in [-0.4, -0.2) is 13.0 Å². The second kappa shape index (κ2) is 4.31. The third-order valence-electron chi connectivity index (χ3n) is 2.08. The average Bonchev–Trinajstić information content (AvgIpc) is 2.26. The van der Waals surface area contributed by atoms with Gasteiger partial charge >= 0.3 is 12.1 Å². The molecule has 0 aromatic heterocycles. The number of halogens is 5. The zero-order valence-corrected chi connectivity index (χ0v) is 8.61. The van der Waals surface area contributed by atoms with Gasteiger partial charge in [-0.3, -0.25) is 4.79 Å². The molecule has 0 saturated heterocycles. The number of rotatable bonds is 2. The van der Waals surface area contributed by atoms with Crippen LogP contribution in [0.2, 0.25) is 0 Å². The molecule has 0 heterocycles. The Kier molecular flexibility index (Phi) is 3.40. The lowest BCUT2D eigenvalue weighted by Gasteiger charge is -2.19. The highest BCUT2D eigenvalue weighted by atomic mass is 19.4. The van der Waals surface area contributed by atoms with Gasteiger partial charge in [0, 0.05) is 12.6 Å². The highest BCUT2D eigenvalue weighted by molar-refractivity contribution is 5.84. The van der Waals surface area contributed by atoms with E-state index in [2.05, 4.69) is 0 Å². The van der Waals surface area contributed by atoms with Crippen molar-refractivity contribution >= 4 is 5.91 Å². The third kappa shape index (κ3) is 2.54. The van der Waals surface area contributed by atoms with E-state index in [0.717, 1.165) is 19.2 Å². The molecule has 1 amide bonds. The van der Waals surface area contributed by atoms with Crippen LogP contribution >= 0.6 is 0 Å². The standard InChI is InChI=1S/C10H8F5NO/c1-16-8(17)9(11,12)6-4-2-3-5-7(6)10(13,14)15/h2-5H,1H3,(H,16,17). The molecule has 0 aliphatic heterocycles. The van der Waals surface area contributed by atoms with Crippen LogP contribution in [-0.2, 0) is 16.9 Å². The van der Waals surface area contributed by atoms with Crippen molar-refractivity contribution in [2.45, 2.75) is 12.1 Å². The summed E-state index contributed by atoms with van der Waals surface area (Å²) in [5.74, 6) is -6.00. The molecular weight excluding hydrogens is 245 g/mol. The zero-order valence-electron chi connectivity index (χ0n) is 8.61. The molecule has 0 radical (unpaired) electrons. The SMILES string of the molecule is CNC(=O)C(F)(F)c1ccccc1C(F)(F)F. The topological polar surface area (TPSA) is 29.1 Å². The fraction of sp³-hybridized carbons (Fsp3) is 0.300. The maximum atomic E-state index is 13.4. The molecule has 1 aromatic rings. The molecular formula is C10H8F5NO. The fourth-order valence-corrected chi connectivity index (χ4v) is 1.28. The molecule has 0 bridgehead atoms. The van der Waals surface area contributed by atoms with Gasteiger partial charge in [0.1, 0.15) is 0 Å². The molecule has 7 heteroatoms. The van der Waals surface area contributed by atoms with E-state index in [1.54, 1.807) is 5.32 Å². The van der Waals surface area contributed by atoms with E-state index in [-0.39, 0.29) is 0 Å². The van der Waals surface area contributed by atoms with E-state index in [1.165, 1.54) is 0 Å². The molecule has 0 fully saturated rings. The summed E-state index contributed by atoms with van der Waals surface area (Å²) in [4.78, 5) is 10.9. The Balaban J connectivity index is 3.37. The minimum Gasteiger partial charge on any atom is -0.354 e. The molecule has 1 aromatic carbocycles. The molecule has 0 aliphatic rings. The van der Waals surface area contributed by atoms with Crippen molar-refractivity contribution in [2.75, 3.05) is 7.05 Å². The summed E-state index contributed by atoms with van der Waals surface area (Å²) in [7, 11) is 0.923. The summed E-state index contributed by atoms with van der Waals surface area (Å²) < 4.78 is 64.3. The van der Waals surface area contributed by atoms with Crippen LogP contribution in [0.3, 0.4) is 0 Å². The first kappa shape index (κ1) is 13.4. The molecule has 2 nitrogen and oxygen atoms in total. The van der Waals surface area contributed by atoms with Crippen molar-refractivity contribution < 1.29 is 26.7 Å². The molecule has 0 aliphatic carbocycles. The van der Waals surface area contributed by atoms with Crippen LogP contribution in [0.1, 0.15) is 11.1 Å². The Hall–Kier alpha value is -1.66. The van der Waals surface area contributed by atoms with Gasteiger partial charge in [0.25, 0.3) is 5.91 Å². The first-order valence-electron chi connectivity index (χ1n) is 4.48. The van der Waals surface area contributed by atoms with Crippen molar-refractivity contribution in [3.8, 4) is 0 Å². The lowest BCUT2D eigenvalue weighted by Crippen LogP contribution is -2.37. The predicted molar refractivity (Wildman–Crippen MR) is 49.4 cm³/mol. The molecule has 0 unspecified atom stereocenters. The van der Waals surface area contributed by atoms with Crippen molar-refractivity contribution in [2.24, 2.45) is 0 Å². The first-order valence-corrected chi connectivity index (χ1v) is 4.48. The lowest BCUT2D eigenvalue weighted by molar-refractivity contribution is -0.152. The fourth-order valence-electron chi connectivity index (χ4n) is 1.28. The minimum atomic E-state index is -4.94. The summed E-state index contributed by atoms with van der Waals surface area (Å²) in [6.07, 6.45) is -4.94. The summed E-state index contributed by atoms with van der Waals surface area (Å²) in [5, 5.41) is 1.63. The van der Waals surface area contributed by atoms with Crippen LogP contribution in [0.4, 0.5) is 22.0 Å². The number of hydrogen-bond donors (Lipinski definition) is 1. The lowest BCUT2D eigenvalue weighted by atomic mass is 10.0. The van der Waals surface area contributed by atoms with Gasteiger partial charge in [-0.05, 0) is 6.07 Å². The maximum Gasteiger partial charge on any atom is 0.416 e. The van der Waals surface area contributed by atoms with E-state index in [1.807, 2.05) is 0 Å². The van der Waals surface area contributed by atoms with Crippen LogP contribution in [0.15, 0.2) is 24.3 Å². The van der Waals surface area contributed by atoms with Gasteiger partial charge in [-0.15, -0.1) is 0 Å². The van der Waals surface area contributed by atoms with Gasteiger partial charge in [0.2, 0.25) is 0 Å². The van der Waals surface area contributed by atoms with Crippen molar-refractivity contribution in [3.05, 3.63) is 35.4 Å². The van der Waals surface area contributed by atoms with Crippen molar-refractivity contribution in [1.82, 2.24) is 5.32 Å². The van der Waals surface area contributed by atoms with Gasteiger partial charge in [0.05, 0.1) is 5.56 Å². The third-order valence-corrected chi connectivity index (χ3v) is 2.08. The van der Waals surface area contributed by atoms with E-state index < -0.39 is 29.1 Å². The van der Waals surface area contributed by atoms with E-state index >= 15 is 0 Å². The number of nitrogens with one attached hydrogen (secondary N) is 1. The second-order valence-electron chi connectivity index (χ2n) is 3.20. The predicted octanol–water partition coefficient (Wildman–Crippen LogP) is 2.54. The summed E-state index contributed by atoms with van der Waals surface area (Å²) in [5.41, 5.74) is -2.87. The van der Waals surface area contributed by atoms with E-state index in [0.29, 0.717) is 12.1 Å². The highest BCUT2D eigenvalue weighted by Crippen LogP contribution is 2.39. The number of carbonyl (C=O) groups is 1. The normalized spacial score (nSPS) is 12.4. The molecule has 94 valence electrons. The van der Waals surface area contributed by atoms with Crippen LogP contribution in [0, 0.1) is 0 Å². The average molecular weight is 253 g/mol. The number of likely N-dealkylation sites (N-methyl/N-ethyl adjacent to an activating group) is 1. The van der Waals surface area contributed by atoms with Crippen LogP contribution in [0.5, 0.6) is 0 Å². The Morgan fingerprint density at radius 3 is 1.94 bits per heavy atom. The number of benzene rings is 1. The molecule has 17 heavy (non-hydrogen) atoms. The number of carbonyl (C=O) groups excluding carboxylic acids is 1. The number of amides is 1. The Bertz CT molecular complexity index is 427. The highest BCUT2D eigenvalue weighted by Gasteiger charge is 2.47. The largest absolute Gasteiger partial charge is 0.416 e. The number of hydrogen-bond acceptors (Lipinski definition) is 1. The number of alkyl halides is 5. The van der Waals surface area contributed by atoms with Gasteiger partial charge in [0.15, 0.2) is 0 Å². The van der Waals surface area contributed by atoms with Gasteiger partial charge < -0.3 is 5.32 Å². The summed E-state index contributed by atoms with van der Waals surface area (Å²) >= 11 is 0. The second-order valence-corrected chi connectivity index (χ2v) is 3.20. The monoisotopic (exact) mass is 253 g/mol. The summed E-state index contributed by atoms with van der Waals surface area (Å²) in [6, 6.07) is 3.08. The van der Waals surface area contributed by atoms with Crippen LogP contribution < -0.4 is 5.32 Å². The van der Waals surface area contributed by atoms with Gasteiger partial charge in [-0.1, -0.05) is 18.2 Å². The Morgan fingerprint density at radius 1 is 1.06 bits per heavy atom. The minimum absolute atomic E-state index is 0.506. The van der Waals surface area contributed by atoms with Gasteiger partial charge in [-0.2, -0.15) is 22.0 Å². The van der Waals surface area contributed by atoms with Crippen molar-refractivity contribution in [3.63, 3.8) is 0 Å². The Labute approximate surface area is 93.4 Å². The Morgan fingerprint density at radius 2 is 1.53 bits per heavy atom. The molecule has 0 atom stereocenters. The molecule has 0 saturated carbocycles. The van der Waals surface area contributed by atoms with Crippen LogP contribution in [0.25, 0.3) is 0 Å². The zero-order chi connectivity index (χ0) is 13.3. The molecule has 0 spiro atoms. The molecule has 1 N–H and O–H groups in total. The van der Waals surface area contributed by atoms with Crippen molar-refractivity contribution in [1.29, 1.82) is 0 Å².